The maximum Gasteiger partial charge on any atom is 0.271 e. The fourth-order valence-corrected chi connectivity index (χ4v) is 1.04. The summed E-state index contributed by atoms with van der Waals surface area (Å²) in [5.41, 5.74) is -1.39. The molecule has 12 heavy (non-hydrogen) atoms. The van der Waals surface area contributed by atoms with Gasteiger partial charge in [-0.1, -0.05) is 0 Å². The van der Waals surface area contributed by atoms with Crippen LogP contribution in [0.3, 0.4) is 0 Å². The van der Waals surface area contributed by atoms with Crippen molar-refractivity contribution in [2.75, 3.05) is 13.2 Å². The Morgan fingerprint density at radius 1 is 1.50 bits per heavy atom. The standard InChI is InChI=1S/C7H10F2O3/c8-7(9)2-1-6(3-10,4-11)12-5-7/h3,11H,1-2,4-5H2. The number of alkyl halides is 2. The van der Waals surface area contributed by atoms with Crippen LogP contribution in [0.4, 0.5) is 8.78 Å². The SMILES string of the molecule is O=CC1(CO)CCC(F)(F)CO1. The largest absolute Gasteiger partial charge is 0.393 e. The minimum atomic E-state index is -2.86. The highest BCUT2D eigenvalue weighted by atomic mass is 19.3. The van der Waals surface area contributed by atoms with Crippen LogP contribution in [-0.4, -0.2) is 36.1 Å². The first-order valence-corrected chi connectivity index (χ1v) is 3.63. The predicted molar refractivity (Wildman–Crippen MR) is 36.0 cm³/mol. The molecule has 70 valence electrons. The molecule has 5 heteroatoms. The summed E-state index contributed by atoms with van der Waals surface area (Å²) >= 11 is 0. The minimum Gasteiger partial charge on any atom is -0.393 e. The first kappa shape index (κ1) is 9.54. The van der Waals surface area contributed by atoms with E-state index in [1.807, 2.05) is 0 Å². The second-order valence-corrected chi connectivity index (χ2v) is 2.99. The molecular weight excluding hydrogens is 170 g/mol. The molecule has 1 unspecified atom stereocenters. The fraction of sp³-hybridized carbons (Fsp3) is 0.857. The third kappa shape index (κ3) is 1.78. The topological polar surface area (TPSA) is 46.5 Å². The number of halogens is 2. The molecule has 3 nitrogen and oxygen atoms in total. The van der Waals surface area contributed by atoms with Gasteiger partial charge in [-0.25, -0.2) is 8.78 Å². The average Bonchev–Trinajstić information content (AvgIpc) is 2.06. The van der Waals surface area contributed by atoms with Crippen molar-refractivity contribution in [3.05, 3.63) is 0 Å². The van der Waals surface area contributed by atoms with Crippen LogP contribution in [0.25, 0.3) is 0 Å². The molecule has 1 aliphatic rings. The van der Waals surface area contributed by atoms with Crippen LogP contribution in [0.5, 0.6) is 0 Å². The molecule has 0 aliphatic carbocycles. The molecular formula is C7H10F2O3. The van der Waals surface area contributed by atoms with Crippen LogP contribution in [0.1, 0.15) is 12.8 Å². The molecule has 1 fully saturated rings. The van der Waals surface area contributed by atoms with Gasteiger partial charge in [0.15, 0.2) is 6.29 Å². The number of aldehydes is 1. The summed E-state index contributed by atoms with van der Waals surface area (Å²) < 4.78 is 29.6. The molecule has 1 heterocycles. The lowest BCUT2D eigenvalue weighted by Crippen LogP contribution is -2.47. The van der Waals surface area contributed by atoms with Crippen molar-refractivity contribution < 1.29 is 23.4 Å². The Morgan fingerprint density at radius 2 is 2.17 bits per heavy atom. The molecule has 0 bridgehead atoms. The zero-order chi connectivity index (χ0) is 9.24. The van der Waals surface area contributed by atoms with E-state index >= 15 is 0 Å². The molecule has 1 atom stereocenters. The van der Waals surface area contributed by atoms with E-state index in [0.717, 1.165) is 0 Å². The smallest absolute Gasteiger partial charge is 0.271 e. The number of carbonyl (C=O) groups is 1. The van der Waals surface area contributed by atoms with Crippen molar-refractivity contribution in [1.29, 1.82) is 0 Å². The predicted octanol–water partition coefficient (Wildman–Crippen LogP) is 0.362. The normalized spacial score (nSPS) is 34.6. The molecule has 1 rings (SSSR count). The summed E-state index contributed by atoms with van der Waals surface area (Å²) in [5.74, 6) is -2.86. The zero-order valence-corrected chi connectivity index (χ0v) is 6.43. The summed E-state index contributed by atoms with van der Waals surface area (Å²) in [6.45, 7) is -1.32. The lowest BCUT2D eigenvalue weighted by molar-refractivity contribution is -0.193. The van der Waals surface area contributed by atoms with Gasteiger partial charge in [0.1, 0.15) is 12.2 Å². The van der Waals surface area contributed by atoms with Gasteiger partial charge in [0.05, 0.1) is 6.61 Å². The monoisotopic (exact) mass is 180 g/mol. The Labute approximate surface area is 68.3 Å². The Morgan fingerprint density at radius 3 is 2.50 bits per heavy atom. The maximum atomic E-state index is 12.5. The van der Waals surface area contributed by atoms with Gasteiger partial charge in [-0.3, -0.25) is 0 Å². The van der Waals surface area contributed by atoms with E-state index in [0.29, 0.717) is 6.29 Å². The van der Waals surface area contributed by atoms with Gasteiger partial charge >= 0.3 is 0 Å². The summed E-state index contributed by atoms with van der Waals surface area (Å²) in [7, 11) is 0. The van der Waals surface area contributed by atoms with Gasteiger partial charge in [0, 0.05) is 6.42 Å². The zero-order valence-electron chi connectivity index (χ0n) is 6.43. The second kappa shape index (κ2) is 3.06. The quantitative estimate of drug-likeness (QED) is 0.624. The average molecular weight is 180 g/mol. The van der Waals surface area contributed by atoms with Crippen molar-refractivity contribution in [2.24, 2.45) is 0 Å². The van der Waals surface area contributed by atoms with Crippen LogP contribution < -0.4 is 0 Å². The maximum absolute atomic E-state index is 12.5. The fourth-order valence-electron chi connectivity index (χ4n) is 1.04. The minimum absolute atomic E-state index is 0.125. The number of carbonyl (C=O) groups excluding carboxylic acids is 1. The van der Waals surface area contributed by atoms with E-state index in [1.54, 1.807) is 0 Å². The molecule has 1 aliphatic heterocycles. The molecule has 0 spiro atoms. The van der Waals surface area contributed by atoms with E-state index < -0.39 is 31.2 Å². The molecule has 0 saturated carbocycles. The lowest BCUT2D eigenvalue weighted by Gasteiger charge is -2.34. The van der Waals surface area contributed by atoms with Gasteiger partial charge < -0.3 is 14.6 Å². The highest BCUT2D eigenvalue weighted by Gasteiger charge is 2.44. The van der Waals surface area contributed by atoms with Crippen molar-refractivity contribution >= 4 is 6.29 Å². The van der Waals surface area contributed by atoms with Crippen LogP contribution in [0.15, 0.2) is 0 Å². The Bertz CT molecular complexity index is 171. The molecule has 1 N–H and O–H groups in total. The van der Waals surface area contributed by atoms with E-state index in [1.165, 1.54) is 0 Å². The van der Waals surface area contributed by atoms with Gasteiger partial charge in [0.2, 0.25) is 0 Å². The highest BCUT2D eigenvalue weighted by Crippen LogP contribution is 2.32. The Balaban J connectivity index is 2.59. The van der Waals surface area contributed by atoms with Gasteiger partial charge in [0.25, 0.3) is 5.92 Å². The summed E-state index contributed by atoms with van der Waals surface area (Å²) in [6, 6.07) is 0. The van der Waals surface area contributed by atoms with E-state index in [4.69, 9.17) is 5.11 Å². The first-order chi connectivity index (χ1) is 5.54. The van der Waals surface area contributed by atoms with Crippen LogP contribution in [0.2, 0.25) is 0 Å². The molecule has 0 aromatic rings. The molecule has 0 aromatic carbocycles. The third-order valence-corrected chi connectivity index (χ3v) is 1.97. The van der Waals surface area contributed by atoms with E-state index in [-0.39, 0.29) is 6.42 Å². The number of ether oxygens (including phenoxy) is 1. The highest BCUT2D eigenvalue weighted by molar-refractivity contribution is 5.62. The number of rotatable bonds is 2. The molecule has 1 saturated heterocycles. The van der Waals surface area contributed by atoms with Crippen LogP contribution in [0, 0.1) is 0 Å². The summed E-state index contributed by atoms with van der Waals surface area (Å²) in [5, 5.41) is 8.71. The second-order valence-electron chi connectivity index (χ2n) is 2.99. The van der Waals surface area contributed by atoms with Crippen molar-refractivity contribution in [2.45, 2.75) is 24.4 Å². The van der Waals surface area contributed by atoms with Gasteiger partial charge in [-0.05, 0) is 6.42 Å². The molecule has 0 amide bonds. The molecule has 0 aromatic heterocycles. The van der Waals surface area contributed by atoms with E-state index in [2.05, 4.69) is 4.74 Å². The molecule has 0 radical (unpaired) electrons. The number of hydrogen-bond donors (Lipinski definition) is 1. The Kier molecular flexibility index (Phi) is 2.44. The number of hydrogen-bond acceptors (Lipinski definition) is 3. The van der Waals surface area contributed by atoms with Crippen molar-refractivity contribution in [3.63, 3.8) is 0 Å². The number of aliphatic hydroxyl groups is 1. The Hall–Kier alpha value is -0.550. The van der Waals surface area contributed by atoms with Crippen LogP contribution >= 0.6 is 0 Å². The number of aliphatic hydroxyl groups excluding tert-OH is 1. The van der Waals surface area contributed by atoms with Crippen LogP contribution in [-0.2, 0) is 9.53 Å². The van der Waals surface area contributed by atoms with Crippen molar-refractivity contribution in [3.8, 4) is 0 Å². The summed E-state index contributed by atoms with van der Waals surface area (Å²) in [4.78, 5) is 10.4. The summed E-state index contributed by atoms with van der Waals surface area (Å²) in [6.07, 6.45) is -0.144. The van der Waals surface area contributed by atoms with E-state index in [9.17, 15) is 13.6 Å². The first-order valence-electron chi connectivity index (χ1n) is 3.63. The van der Waals surface area contributed by atoms with Gasteiger partial charge in [-0.2, -0.15) is 0 Å². The van der Waals surface area contributed by atoms with Crippen molar-refractivity contribution in [1.82, 2.24) is 0 Å². The third-order valence-electron chi connectivity index (χ3n) is 1.97. The lowest BCUT2D eigenvalue weighted by atomic mass is 9.95. The van der Waals surface area contributed by atoms with Gasteiger partial charge in [-0.15, -0.1) is 0 Å².